The SMILES string of the molecule is CCOc1ccc(Br)cc1C(=O)c1ccc(F)c(OC)c1. The van der Waals surface area contributed by atoms with E-state index in [0.717, 1.165) is 4.47 Å². The molecule has 21 heavy (non-hydrogen) atoms. The zero-order valence-electron chi connectivity index (χ0n) is 11.7. The molecule has 2 rings (SSSR count). The van der Waals surface area contributed by atoms with Gasteiger partial charge in [0.15, 0.2) is 17.3 Å². The number of hydrogen-bond donors (Lipinski definition) is 0. The van der Waals surface area contributed by atoms with E-state index in [9.17, 15) is 9.18 Å². The van der Waals surface area contributed by atoms with E-state index in [0.29, 0.717) is 23.5 Å². The van der Waals surface area contributed by atoms with Gasteiger partial charge in [0, 0.05) is 10.0 Å². The topological polar surface area (TPSA) is 35.5 Å². The van der Waals surface area contributed by atoms with Crippen molar-refractivity contribution in [3.05, 3.63) is 57.8 Å². The first-order chi connectivity index (χ1) is 10.1. The molecule has 0 N–H and O–H groups in total. The number of carbonyl (C=O) groups is 1. The Hall–Kier alpha value is -1.88. The molecule has 0 amide bonds. The third kappa shape index (κ3) is 3.42. The van der Waals surface area contributed by atoms with Crippen LogP contribution >= 0.6 is 15.9 Å². The van der Waals surface area contributed by atoms with Crippen molar-refractivity contribution in [3.8, 4) is 11.5 Å². The van der Waals surface area contributed by atoms with Gasteiger partial charge in [0.1, 0.15) is 5.75 Å². The molecule has 0 saturated carbocycles. The fourth-order valence-electron chi connectivity index (χ4n) is 1.92. The first-order valence-electron chi connectivity index (χ1n) is 6.37. The summed E-state index contributed by atoms with van der Waals surface area (Å²) in [4.78, 5) is 12.6. The summed E-state index contributed by atoms with van der Waals surface area (Å²) in [7, 11) is 1.36. The van der Waals surface area contributed by atoms with Gasteiger partial charge in [-0.05, 0) is 43.3 Å². The largest absolute Gasteiger partial charge is 0.494 e. The lowest BCUT2D eigenvalue weighted by Crippen LogP contribution is -2.06. The van der Waals surface area contributed by atoms with E-state index in [1.54, 1.807) is 18.2 Å². The van der Waals surface area contributed by atoms with Gasteiger partial charge in [0.2, 0.25) is 0 Å². The summed E-state index contributed by atoms with van der Waals surface area (Å²) >= 11 is 3.34. The van der Waals surface area contributed by atoms with Crippen molar-refractivity contribution in [2.45, 2.75) is 6.92 Å². The zero-order chi connectivity index (χ0) is 15.4. The van der Waals surface area contributed by atoms with Crippen molar-refractivity contribution in [2.75, 3.05) is 13.7 Å². The van der Waals surface area contributed by atoms with Crippen LogP contribution in [0.3, 0.4) is 0 Å². The molecule has 0 bridgehead atoms. The zero-order valence-corrected chi connectivity index (χ0v) is 13.2. The molecule has 0 aliphatic rings. The quantitative estimate of drug-likeness (QED) is 0.755. The molecule has 2 aromatic carbocycles. The minimum absolute atomic E-state index is 0.0359. The Kier molecular flexibility index (Phi) is 4.96. The summed E-state index contributed by atoms with van der Waals surface area (Å²) in [5, 5.41) is 0. The predicted molar refractivity (Wildman–Crippen MR) is 81.7 cm³/mol. The van der Waals surface area contributed by atoms with Crippen LogP contribution in [-0.2, 0) is 0 Å². The van der Waals surface area contributed by atoms with E-state index in [2.05, 4.69) is 15.9 Å². The summed E-state index contributed by atoms with van der Waals surface area (Å²) in [6, 6.07) is 9.23. The van der Waals surface area contributed by atoms with Gasteiger partial charge in [-0.15, -0.1) is 0 Å². The number of ketones is 1. The molecule has 0 saturated heterocycles. The van der Waals surface area contributed by atoms with Gasteiger partial charge < -0.3 is 9.47 Å². The number of rotatable bonds is 5. The Morgan fingerprint density at radius 2 is 1.95 bits per heavy atom. The van der Waals surface area contributed by atoms with Crippen molar-refractivity contribution in [1.82, 2.24) is 0 Å². The van der Waals surface area contributed by atoms with Crippen LogP contribution in [0.15, 0.2) is 40.9 Å². The Morgan fingerprint density at radius 1 is 1.19 bits per heavy atom. The fraction of sp³-hybridized carbons (Fsp3) is 0.188. The minimum atomic E-state index is -0.506. The average molecular weight is 353 g/mol. The fourth-order valence-corrected chi connectivity index (χ4v) is 2.28. The van der Waals surface area contributed by atoms with Crippen molar-refractivity contribution in [3.63, 3.8) is 0 Å². The number of benzene rings is 2. The second kappa shape index (κ2) is 6.72. The van der Waals surface area contributed by atoms with Crippen LogP contribution in [0.2, 0.25) is 0 Å². The first-order valence-corrected chi connectivity index (χ1v) is 7.16. The van der Waals surface area contributed by atoms with Crippen LogP contribution in [0.25, 0.3) is 0 Å². The summed E-state index contributed by atoms with van der Waals surface area (Å²) in [5.74, 6) is -0.228. The second-order valence-corrected chi connectivity index (χ2v) is 5.17. The van der Waals surface area contributed by atoms with Crippen molar-refractivity contribution >= 4 is 21.7 Å². The number of ether oxygens (including phenoxy) is 2. The summed E-state index contributed by atoms with van der Waals surface area (Å²) in [5.41, 5.74) is 0.757. The van der Waals surface area contributed by atoms with Gasteiger partial charge in [-0.3, -0.25) is 4.79 Å². The Bertz CT molecular complexity index is 671. The number of hydrogen-bond acceptors (Lipinski definition) is 3. The van der Waals surface area contributed by atoms with Crippen molar-refractivity contribution < 1.29 is 18.7 Å². The molecule has 0 aliphatic heterocycles. The first kappa shape index (κ1) is 15.5. The molecule has 0 fully saturated rings. The number of methoxy groups -OCH3 is 1. The van der Waals surface area contributed by atoms with Crippen LogP contribution < -0.4 is 9.47 Å². The second-order valence-electron chi connectivity index (χ2n) is 4.25. The standard InChI is InChI=1S/C16H14BrFO3/c1-3-21-14-7-5-11(17)9-12(14)16(19)10-4-6-13(18)15(8-10)20-2/h4-9H,3H2,1-2H3. The Morgan fingerprint density at radius 3 is 2.62 bits per heavy atom. The predicted octanol–water partition coefficient (Wildman–Crippen LogP) is 4.23. The van der Waals surface area contributed by atoms with Crippen LogP contribution in [0.1, 0.15) is 22.8 Å². The van der Waals surface area contributed by atoms with Gasteiger partial charge in [-0.2, -0.15) is 0 Å². The molecule has 3 nitrogen and oxygen atoms in total. The van der Waals surface area contributed by atoms with Gasteiger partial charge in [-0.25, -0.2) is 4.39 Å². The van der Waals surface area contributed by atoms with E-state index >= 15 is 0 Å². The monoisotopic (exact) mass is 352 g/mol. The van der Waals surface area contributed by atoms with Crippen LogP contribution in [-0.4, -0.2) is 19.5 Å². The normalized spacial score (nSPS) is 10.3. The summed E-state index contributed by atoms with van der Waals surface area (Å²) in [6.45, 7) is 2.30. The molecule has 0 aromatic heterocycles. The molecule has 2 aromatic rings. The van der Waals surface area contributed by atoms with Gasteiger partial charge >= 0.3 is 0 Å². The smallest absolute Gasteiger partial charge is 0.196 e. The van der Waals surface area contributed by atoms with Gasteiger partial charge in [-0.1, -0.05) is 15.9 Å². The summed E-state index contributed by atoms with van der Waals surface area (Å²) < 4.78 is 24.6. The number of carbonyl (C=O) groups excluding carboxylic acids is 1. The highest BCUT2D eigenvalue weighted by atomic mass is 79.9. The lowest BCUT2D eigenvalue weighted by atomic mass is 10.0. The molecule has 110 valence electrons. The molecular formula is C16H14BrFO3. The van der Waals surface area contributed by atoms with E-state index in [1.165, 1.54) is 25.3 Å². The molecule has 0 spiro atoms. The summed E-state index contributed by atoms with van der Waals surface area (Å²) in [6.07, 6.45) is 0. The molecule has 0 heterocycles. The van der Waals surface area contributed by atoms with Crippen LogP contribution in [0.4, 0.5) is 4.39 Å². The molecular weight excluding hydrogens is 339 g/mol. The van der Waals surface area contributed by atoms with Crippen molar-refractivity contribution in [1.29, 1.82) is 0 Å². The lowest BCUT2D eigenvalue weighted by molar-refractivity contribution is 0.103. The maximum atomic E-state index is 13.4. The van der Waals surface area contributed by atoms with E-state index in [4.69, 9.17) is 9.47 Å². The molecule has 0 radical (unpaired) electrons. The van der Waals surface area contributed by atoms with E-state index in [-0.39, 0.29) is 11.5 Å². The highest BCUT2D eigenvalue weighted by Crippen LogP contribution is 2.27. The van der Waals surface area contributed by atoms with Crippen molar-refractivity contribution in [2.24, 2.45) is 0 Å². The average Bonchev–Trinajstić information content (AvgIpc) is 2.49. The number of halogens is 2. The van der Waals surface area contributed by atoms with Crippen LogP contribution in [0.5, 0.6) is 11.5 Å². The van der Waals surface area contributed by atoms with Crippen LogP contribution in [0, 0.1) is 5.82 Å². The Balaban J connectivity index is 2.46. The highest BCUT2D eigenvalue weighted by Gasteiger charge is 2.17. The highest BCUT2D eigenvalue weighted by molar-refractivity contribution is 9.10. The maximum absolute atomic E-state index is 13.4. The Labute approximate surface area is 130 Å². The lowest BCUT2D eigenvalue weighted by Gasteiger charge is -2.11. The van der Waals surface area contributed by atoms with Gasteiger partial charge in [0.25, 0.3) is 0 Å². The van der Waals surface area contributed by atoms with E-state index in [1.807, 2.05) is 6.92 Å². The third-order valence-corrected chi connectivity index (χ3v) is 3.39. The maximum Gasteiger partial charge on any atom is 0.196 e. The molecule has 0 unspecified atom stereocenters. The molecule has 5 heteroatoms. The molecule has 0 atom stereocenters. The van der Waals surface area contributed by atoms with E-state index < -0.39 is 5.82 Å². The molecule has 0 aliphatic carbocycles. The minimum Gasteiger partial charge on any atom is -0.494 e. The third-order valence-electron chi connectivity index (χ3n) is 2.90. The van der Waals surface area contributed by atoms with Gasteiger partial charge in [0.05, 0.1) is 19.3 Å².